The van der Waals surface area contributed by atoms with E-state index >= 15 is 0 Å². The molecular formula is C15H33NO3Ti. The van der Waals surface area contributed by atoms with Gasteiger partial charge in [-0.25, -0.2) is 4.79 Å². The number of aliphatic carboxylic acids is 1. The number of carboxylic acid groups (broad SMARTS) is 1. The Balaban J connectivity index is -0.000000352. The van der Waals surface area contributed by atoms with Crippen molar-refractivity contribution in [2.75, 3.05) is 6.54 Å². The van der Waals surface area contributed by atoms with Gasteiger partial charge in [-0.2, -0.15) is 0 Å². The van der Waals surface area contributed by atoms with Crippen molar-refractivity contribution < 1.29 is 36.7 Å². The van der Waals surface area contributed by atoms with E-state index in [0.29, 0.717) is 0 Å². The minimum Gasteiger partial charge on any atom is -0.479 e. The molecule has 4 N–H and O–H groups in total. The van der Waals surface area contributed by atoms with Crippen LogP contribution in [0.15, 0.2) is 0 Å². The second-order valence-electron chi connectivity index (χ2n) is 4.98. The number of hydrogen-bond acceptors (Lipinski definition) is 3. The number of hydrogen-bond donors (Lipinski definition) is 3. The van der Waals surface area contributed by atoms with Crippen LogP contribution >= 0.6 is 0 Å². The maximum atomic E-state index is 9.45. The second-order valence-corrected chi connectivity index (χ2v) is 4.98. The Morgan fingerprint density at radius 3 is 1.50 bits per heavy atom. The summed E-state index contributed by atoms with van der Waals surface area (Å²) in [6.07, 6.45) is 12.7. The van der Waals surface area contributed by atoms with E-state index in [0.717, 1.165) is 6.54 Å². The van der Waals surface area contributed by atoms with Crippen LogP contribution in [0.3, 0.4) is 0 Å². The number of unbranched alkanes of at least 4 members (excludes halogenated alkanes) is 9. The van der Waals surface area contributed by atoms with Crippen molar-refractivity contribution in [3.8, 4) is 0 Å². The Morgan fingerprint density at radius 2 is 1.25 bits per heavy atom. The maximum Gasteiger partial charge on any atom is 0.332 e. The molecule has 5 heteroatoms. The summed E-state index contributed by atoms with van der Waals surface area (Å²) in [5, 5.41) is 15.8. The molecular weight excluding hydrogens is 290 g/mol. The standard InChI is InChI=1S/C12H27N.C3H6O3.Ti/c1-2-3-4-5-6-7-8-9-10-11-12-13;1-2(4)3(5)6;/h2-13H2,1H3;2,4H,1H3,(H,5,6);. The third-order valence-corrected chi connectivity index (χ3v) is 2.92. The molecule has 0 spiro atoms. The molecule has 0 bridgehead atoms. The van der Waals surface area contributed by atoms with Crippen molar-refractivity contribution in [3.63, 3.8) is 0 Å². The van der Waals surface area contributed by atoms with E-state index in [1.54, 1.807) is 0 Å². The quantitative estimate of drug-likeness (QED) is 0.402. The van der Waals surface area contributed by atoms with Crippen LogP contribution in [-0.2, 0) is 26.5 Å². The van der Waals surface area contributed by atoms with Gasteiger partial charge in [0.1, 0.15) is 6.10 Å². The third-order valence-electron chi connectivity index (χ3n) is 2.92. The first kappa shape index (κ1) is 25.1. The molecule has 0 saturated heterocycles. The molecule has 0 heterocycles. The average Bonchev–Trinajstić information content (AvgIpc) is 2.37. The minimum atomic E-state index is -1.23. The van der Waals surface area contributed by atoms with E-state index in [2.05, 4.69) is 6.92 Å². The molecule has 1 atom stereocenters. The number of aliphatic hydroxyl groups excluding tert-OH is 1. The van der Waals surface area contributed by atoms with Crippen LogP contribution in [0.1, 0.15) is 78.1 Å². The number of nitrogens with two attached hydrogens (primary N) is 1. The van der Waals surface area contributed by atoms with Crippen molar-refractivity contribution in [1.29, 1.82) is 0 Å². The van der Waals surface area contributed by atoms with E-state index in [9.17, 15) is 4.79 Å². The zero-order valence-electron chi connectivity index (χ0n) is 13.2. The van der Waals surface area contributed by atoms with Gasteiger partial charge < -0.3 is 15.9 Å². The summed E-state index contributed by atoms with van der Waals surface area (Å²) in [4.78, 5) is 9.45. The second kappa shape index (κ2) is 21.4. The van der Waals surface area contributed by atoms with E-state index in [-0.39, 0.29) is 21.7 Å². The number of rotatable bonds is 11. The summed E-state index contributed by atoms with van der Waals surface area (Å²) in [6.45, 7) is 4.34. The van der Waals surface area contributed by atoms with Gasteiger partial charge in [-0.1, -0.05) is 64.7 Å². The first-order valence-corrected chi connectivity index (χ1v) is 7.67. The Kier molecular flexibility index (Phi) is 26.8. The summed E-state index contributed by atoms with van der Waals surface area (Å²) >= 11 is 0. The van der Waals surface area contributed by atoms with Gasteiger partial charge in [0.15, 0.2) is 0 Å². The minimum absolute atomic E-state index is 0. The smallest absolute Gasteiger partial charge is 0.332 e. The Morgan fingerprint density at radius 1 is 0.950 bits per heavy atom. The fraction of sp³-hybridized carbons (Fsp3) is 0.933. The van der Waals surface area contributed by atoms with E-state index in [1.165, 1.54) is 71.1 Å². The largest absolute Gasteiger partial charge is 0.479 e. The summed E-state index contributed by atoms with van der Waals surface area (Å²) in [5.74, 6) is -1.19. The van der Waals surface area contributed by atoms with Gasteiger partial charge in [-0.05, 0) is 19.9 Å². The van der Waals surface area contributed by atoms with Gasteiger partial charge in [-0.15, -0.1) is 0 Å². The zero-order valence-corrected chi connectivity index (χ0v) is 14.8. The van der Waals surface area contributed by atoms with Gasteiger partial charge in [0.05, 0.1) is 0 Å². The molecule has 120 valence electrons. The zero-order chi connectivity index (χ0) is 14.9. The Labute approximate surface area is 139 Å². The van der Waals surface area contributed by atoms with Crippen molar-refractivity contribution in [2.24, 2.45) is 5.73 Å². The predicted octanol–water partition coefficient (Wildman–Crippen LogP) is 3.32. The molecule has 0 aliphatic rings. The molecule has 0 fully saturated rings. The van der Waals surface area contributed by atoms with Gasteiger partial charge in [-0.3, -0.25) is 0 Å². The summed E-state index contributed by atoms with van der Waals surface area (Å²) in [7, 11) is 0. The molecule has 4 nitrogen and oxygen atoms in total. The molecule has 0 saturated carbocycles. The number of aliphatic hydroxyl groups is 1. The molecule has 0 amide bonds. The van der Waals surface area contributed by atoms with Crippen molar-refractivity contribution in [1.82, 2.24) is 0 Å². The van der Waals surface area contributed by atoms with Crippen LogP contribution in [0.5, 0.6) is 0 Å². The Hall–Kier alpha value is 0.104. The van der Waals surface area contributed by atoms with Crippen LogP contribution in [0, 0.1) is 0 Å². The SMILES string of the molecule is CC(O)C(=O)O.CCCCCCCCCCCCN.[Ti]. The first-order valence-electron chi connectivity index (χ1n) is 7.67. The summed E-state index contributed by atoms with van der Waals surface area (Å²) < 4.78 is 0. The molecule has 20 heavy (non-hydrogen) atoms. The molecule has 1 unspecified atom stereocenters. The Bertz CT molecular complexity index is 180. The van der Waals surface area contributed by atoms with Crippen LogP contribution in [0.25, 0.3) is 0 Å². The van der Waals surface area contributed by atoms with E-state index in [1.807, 2.05) is 0 Å². The molecule has 0 rings (SSSR count). The topological polar surface area (TPSA) is 83.5 Å². The van der Waals surface area contributed by atoms with Gasteiger partial charge in [0.25, 0.3) is 0 Å². The van der Waals surface area contributed by atoms with Crippen molar-refractivity contribution >= 4 is 5.97 Å². The van der Waals surface area contributed by atoms with Crippen LogP contribution in [0.4, 0.5) is 0 Å². The molecule has 0 radical (unpaired) electrons. The average molecular weight is 323 g/mol. The number of carbonyl (C=O) groups is 1. The normalized spacial score (nSPS) is 11.0. The predicted molar refractivity (Wildman–Crippen MR) is 80.2 cm³/mol. The monoisotopic (exact) mass is 323 g/mol. The van der Waals surface area contributed by atoms with Crippen LogP contribution < -0.4 is 5.73 Å². The summed E-state index contributed by atoms with van der Waals surface area (Å²) in [6, 6.07) is 0. The van der Waals surface area contributed by atoms with Crippen molar-refractivity contribution in [2.45, 2.75) is 84.2 Å². The van der Waals surface area contributed by atoms with Crippen LogP contribution in [0.2, 0.25) is 0 Å². The fourth-order valence-corrected chi connectivity index (χ4v) is 1.63. The fourth-order valence-electron chi connectivity index (χ4n) is 1.63. The molecule has 0 aliphatic carbocycles. The molecule has 0 aromatic rings. The molecule has 0 aromatic carbocycles. The van der Waals surface area contributed by atoms with Gasteiger partial charge in [0, 0.05) is 21.7 Å². The van der Waals surface area contributed by atoms with E-state index in [4.69, 9.17) is 15.9 Å². The van der Waals surface area contributed by atoms with Gasteiger partial charge in [0.2, 0.25) is 0 Å². The number of carboxylic acids is 1. The van der Waals surface area contributed by atoms with Crippen LogP contribution in [-0.4, -0.2) is 28.8 Å². The molecule has 0 aliphatic heterocycles. The van der Waals surface area contributed by atoms with E-state index < -0.39 is 12.1 Å². The first-order chi connectivity index (χ1) is 9.06. The van der Waals surface area contributed by atoms with Crippen molar-refractivity contribution in [3.05, 3.63) is 0 Å². The molecule has 0 aromatic heterocycles. The van der Waals surface area contributed by atoms with Gasteiger partial charge >= 0.3 is 5.97 Å². The maximum absolute atomic E-state index is 9.45. The summed E-state index contributed by atoms with van der Waals surface area (Å²) in [5.41, 5.74) is 5.42. The third kappa shape index (κ3) is 26.6.